The van der Waals surface area contributed by atoms with E-state index in [1.54, 1.807) is 0 Å². The van der Waals surface area contributed by atoms with Crippen LogP contribution >= 0.6 is 11.6 Å². The Morgan fingerprint density at radius 1 is 1.50 bits per heavy atom. The number of imidazole rings is 1. The van der Waals surface area contributed by atoms with E-state index in [2.05, 4.69) is 4.98 Å². The molecule has 0 fully saturated rings. The van der Waals surface area contributed by atoms with Gasteiger partial charge in [-0.3, -0.25) is 9.36 Å². The monoisotopic (exact) mass is 246 g/mol. The molecule has 0 aliphatic heterocycles. The molecule has 90 valence electrons. The van der Waals surface area contributed by atoms with Crippen LogP contribution in [0.4, 0.5) is 0 Å². The number of hydrogen-bond donors (Lipinski definition) is 0. The van der Waals surface area contributed by atoms with Gasteiger partial charge in [0.15, 0.2) is 6.29 Å². The van der Waals surface area contributed by atoms with Gasteiger partial charge < -0.3 is 9.47 Å². The van der Waals surface area contributed by atoms with Gasteiger partial charge >= 0.3 is 0 Å². The van der Waals surface area contributed by atoms with E-state index >= 15 is 0 Å². The molecule has 1 aromatic rings. The van der Waals surface area contributed by atoms with Gasteiger partial charge in [0.1, 0.15) is 17.6 Å². The summed E-state index contributed by atoms with van der Waals surface area (Å²) in [6.07, 6.45) is 1.51. The Morgan fingerprint density at radius 3 is 2.81 bits per heavy atom. The molecular weight excluding hydrogens is 232 g/mol. The van der Waals surface area contributed by atoms with E-state index in [1.807, 2.05) is 13.8 Å². The summed E-state index contributed by atoms with van der Waals surface area (Å²) in [4.78, 5) is 14.6. The molecule has 0 radical (unpaired) electrons. The highest BCUT2D eigenvalue weighted by Crippen LogP contribution is 2.22. The highest BCUT2D eigenvalue weighted by molar-refractivity contribution is 6.31. The minimum atomic E-state index is 0.171. The second-order valence-electron chi connectivity index (χ2n) is 3.09. The second-order valence-corrected chi connectivity index (χ2v) is 3.44. The maximum absolute atomic E-state index is 10.7. The number of hydrogen-bond acceptors (Lipinski definition) is 4. The predicted molar refractivity (Wildman–Crippen MR) is 60.0 cm³/mol. The Balaban J connectivity index is 2.84. The summed E-state index contributed by atoms with van der Waals surface area (Å²) in [6.45, 7) is 5.16. The van der Waals surface area contributed by atoms with Crippen LogP contribution in [0.2, 0.25) is 5.15 Å². The van der Waals surface area contributed by atoms with Crippen molar-refractivity contribution in [2.45, 2.75) is 27.0 Å². The average Bonchev–Trinajstić information content (AvgIpc) is 2.58. The summed E-state index contributed by atoms with van der Waals surface area (Å²) in [5.74, 6) is 0. The summed E-state index contributed by atoms with van der Waals surface area (Å²) in [6, 6.07) is 0.311. The highest BCUT2D eigenvalue weighted by atomic mass is 35.5. The number of carbonyl (C=O) groups is 1. The van der Waals surface area contributed by atoms with Crippen molar-refractivity contribution >= 4 is 17.9 Å². The molecular formula is C10H15ClN2O3. The molecule has 0 spiro atoms. The van der Waals surface area contributed by atoms with Crippen LogP contribution in [0, 0.1) is 0 Å². The molecule has 0 amide bonds. The fourth-order valence-corrected chi connectivity index (χ4v) is 1.37. The lowest BCUT2D eigenvalue weighted by atomic mass is 10.5. The lowest BCUT2D eigenvalue weighted by molar-refractivity contribution is 0.0705. The number of carbonyl (C=O) groups excluding carboxylic acids is 1. The van der Waals surface area contributed by atoms with Crippen molar-refractivity contribution in [1.82, 2.24) is 9.55 Å². The maximum Gasteiger partial charge on any atom is 0.300 e. The lowest BCUT2D eigenvalue weighted by Crippen LogP contribution is -2.07. The van der Waals surface area contributed by atoms with Gasteiger partial charge in [-0.1, -0.05) is 18.5 Å². The molecule has 0 aromatic carbocycles. The normalized spacial score (nSPS) is 10.4. The van der Waals surface area contributed by atoms with E-state index < -0.39 is 0 Å². The van der Waals surface area contributed by atoms with Crippen molar-refractivity contribution in [2.75, 3.05) is 13.2 Å². The Morgan fingerprint density at radius 2 is 2.25 bits per heavy atom. The van der Waals surface area contributed by atoms with Crippen molar-refractivity contribution < 1.29 is 14.3 Å². The minimum Gasteiger partial charge on any atom is -0.465 e. The second kappa shape index (κ2) is 6.50. The van der Waals surface area contributed by atoms with Crippen molar-refractivity contribution in [3.63, 3.8) is 0 Å². The lowest BCUT2D eigenvalue weighted by Gasteiger charge is -2.08. The summed E-state index contributed by atoms with van der Waals surface area (Å²) in [7, 11) is 0. The third-order valence-corrected chi connectivity index (χ3v) is 2.25. The molecule has 1 aromatic heterocycles. The van der Waals surface area contributed by atoms with Crippen LogP contribution in [0.3, 0.4) is 0 Å². The van der Waals surface area contributed by atoms with Gasteiger partial charge in [-0.2, -0.15) is 4.98 Å². The van der Waals surface area contributed by atoms with E-state index in [0.717, 1.165) is 6.42 Å². The first-order chi connectivity index (χ1) is 7.74. The molecule has 5 nitrogen and oxygen atoms in total. The smallest absolute Gasteiger partial charge is 0.300 e. The largest absolute Gasteiger partial charge is 0.465 e. The highest BCUT2D eigenvalue weighted by Gasteiger charge is 2.15. The molecule has 1 rings (SSSR count). The van der Waals surface area contributed by atoms with Gasteiger partial charge in [0.05, 0.1) is 6.61 Å². The van der Waals surface area contributed by atoms with E-state index in [1.165, 1.54) is 4.57 Å². The molecule has 0 unspecified atom stereocenters. The number of ether oxygens (including phenoxy) is 2. The Kier molecular flexibility index (Phi) is 5.28. The minimum absolute atomic E-state index is 0.171. The standard InChI is InChI=1S/C10H15ClN2O3/c1-3-5-15-7-13-9(11)8(6-14)12-10(13)16-4-2/h6H,3-5,7H2,1-2H3. The van der Waals surface area contributed by atoms with Crippen LogP contribution in [0.5, 0.6) is 6.01 Å². The van der Waals surface area contributed by atoms with E-state index in [4.69, 9.17) is 21.1 Å². The predicted octanol–water partition coefficient (Wildman–Crippen LogP) is 2.13. The SMILES string of the molecule is CCCOCn1c(OCC)nc(C=O)c1Cl. The average molecular weight is 247 g/mol. The van der Waals surface area contributed by atoms with Crippen molar-refractivity contribution in [2.24, 2.45) is 0 Å². The fourth-order valence-electron chi connectivity index (χ4n) is 1.16. The van der Waals surface area contributed by atoms with Crippen LogP contribution in [0.15, 0.2) is 0 Å². The zero-order valence-electron chi connectivity index (χ0n) is 9.40. The molecule has 1 heterocycles. The van der Waals surface area contributed by atoms with Gasteiger partial charge in [0.25, 0.3) is 6.01 Å². The molecule has 0 saturated heterocycles. The van der Waals surface area contributed by atoms with Crippen LogP contribution < -0.4 is 4.74 Å². The summed E-state index contributed by atoms with van der Waals surface area (Å²) < 4.78 is 12.1. The van der Waals surface area contributed by atoms with Gasteiger partial charge in [-0.15, -0.1) is 0 Å². The van der Waals surface area contributed by atoms with Crippen LogP contribution in [-0.4, -0.2) is 29.1 Å². The quantitative estimate of drug-likeness (QED) is 0.546. The molecule has 0 saturated carbocycles. The van der Waals surface area contributed by atoms with Crippen LogP contribution in [-0.2, 0) is 11.5 Å². The Bertz CT molecular complexity index is 352. The zero-order chi connectivity index (χ0) is 12.0. The van der Waals surface area contributed by atoms with E-state index in [9.17, 15) is 4.79 Å². The Labute approximate surface area is 99.3 Å². The van der Waals surface area contributed by atoms with E-state index in [0.29, 0.717) is 25.5 Å². The molecule has 16 heavy (non-hydrogen) atoms. The van der Waals surface area contributed by atoms with Gasteiger partial charge in [0.2, 0.25) is 0 Å². The number of rotatable bonds is 7. The molecule has 0 atom stereocenters. The van der Waals surface area contributed by atoms with Crippen molar-refractivity contribution in [1.29, 1.82) is 0 Å². The molecule has 0 aliphatic carbocycles. The first-order valence-corrected chi connectivity index (χ1v) is 5.54. The first-order valence-electron chi connectivity index (χ1n) is 5.16. The molecule has 6 heteroatoms. The summed E-state index contributed by atoms with van der Waals surface area (Å²) in [5.41, 5.74) is 0.171. The van der Waals surface area contributed by atoms with Gasteiger partial charge in [-0.05, 0) is 13.3 Å². The van der Waals surface area contributed by atoms with Gasteiger partial charge in [-0.25, -0.2) is 0 Å². The molecule has 0 bridgehead atoms. The maximum atomic E-state index is 10.7. The number of nitrogens with zero attached hydrogens (tertiary/aromatic N) is 2. The molecule has 0 aliphatic rings. The summed E-state index contributed by atoms with van der Waals surface area (Å²) in [5, 5.41) is 0.245. The topological polar surface area (TPSA) is 53.4 Å². The van der Waals surface area contributed by atoms with E-state index in [-0.39, 0.29) is 17.6 Å². The zero-order valence-corrected chi connectivity index (χ0v) is 10.2. The van der Waals surface area contributed by atoms with Crippen molar-refractivity contribution in [3.8, 4) is 6.01 Å². The fraction of sp³-hybridized carbons (Fsp3) is 0.600. The van der Waals surface area contributed by atoms with Crippen LogP contribution in [0.25, 0.3) is 0 Å². The number of aldehydes is 1. The van der Waals surface area contributed by atoms with Gasteiger partial charge in [0, 0.05) is 6.61 Å². The van der Waals surface area contributed by atoms with Crippen molar-refractivity contribution in [3.05, 3.63) is 10.8 Å². The summed E-state index contributed by atoms with van der Waals surface area (Å²) >= 11 is 5.95. The first kappa shape index (κ1) is 13.0. The third-order valence-electron chi connectivity index (χ3n) is 1.85. The molecule has 0 N–H and O–H groups in total. The number of halogens is 1. The number of aromatic nitrogens is 2. The third kappa shape index (κ3) is 2.96. The Hall–Kier alpha value is -1.07. The van der Waals surface area contributed by atoms with Crippen LogP contribution in [0.1, 0.15) is 30.8 Å².